The highest BCUT2D eigenvalue weighted by atomic mass is 32.1. The van der Waals surface area contributed by atoms with E-state index < -0.39 is 0 Å². The molecule has 72 valence electrons. The van der Waals surface area contributed by atoms with Gasteiger partial charge in [-0.05, 0) is 39.7 Å². The van der Waals surface area contributed by atoms with Gasteiger partial charge in [0, 0.05) is 11.1 Å². The minimum Gasteiger partial charge on any atom is -0.308 e. The van der Waals surface area contributed by atoms with Crippen molar-refractivity contribution in [1.82, 2.24) is 10.3 Å². The smallest absolute Gasteiger partial charge is 0.113 e. The second kappa shape index (κ2) is 3.07. The SMILES string of the molecule is CNC(C)(c1nc(C)cs1)C1CC1. The predicted molar refractivity (Wildman–Crippen MR) is 56.0 cm³/mol. The number of hydrogen-bond donors (Lipinski definition) is 1. The zero-order chi connectivity index (χ0) is 9.47. The Hall–Kier alpha value is -0.410. The molecule has 1 aliphatic rings. The summed E-state index contributed by atoms with van der Waals surface area (Å²) in [6.07, 6.45) is 2.69. The maximum atomic E-state index is 4.57. The Labute approximate surface area is 83.4 Å². The standard InChI is InChI=1S/C10H16N2S/c1-7-6-13-9(12-7)10(2,11-3)8-4-5-8/h6,8,11H,4-5H2,1-3H3. The Morgan fingerprint density at radius 3 is 2.69 bits per heavy atom. The molecule has 0 aliphatic heterocycles. The molecule has 3 heteroatoms. The van der Waals surface area contributed by atoms with Crippen LogP contribution in [0.5, 0.6) is 0 Å². The van der Waals surface area contributed by atoms with Crippen LogP contribution >= 0.6 is 11.3 Å². The van der Waals surface area contributed by atoms with Crippen molar-refractivity contribution in [2.75, 3.05) is 7.05 Å². The number of nitrogens with zero attached hydrogens (tertiary/aromatic N) is 1. The molecule has 2 nitrogen and oxygen atoms in total. The third-order valence-electron chi connectivity index (χ3n) is 2.98. The molecule has 0 radical (unpaired) electrons. The quantitative estimate of drug-likeness (QED) is 0.802. The van der Waals surface area contributed by atoms with Gasteiger partial charge >= 0.3 is 0 Å². The Bertz CT molecular complexity index is 304. The molecule has 1 aromatic heterocycles. The average Bonchev–Trinajstić information content (AvgIpc) is 2.89. The van der Waals surface area contributed by atoms with Crippen molar-refractivity contribution in [2.45, 2.75) is 32.2 Å². The van der Waals surface area contributed by atoms with Crippen molar-refractivity contribution in [3.8, 4) is 0 Å². The van der Waals surface area contributed by atoms with E-state index in [2.05, 4.69) is 29.5 Å². The van der Waals surface area contributed by atoms with E-state index in [0.29, 0.717) is 0 Å². The molecule has 0 bridgehead atoms. The molecular formula is C10H16N2S. The molecule has 1 aromatic rings. The fourth-order valence-corrected chi connectivity index (χ4v) is 2.78. The number of nitrogens with one attached hydrogen (secondary N) is 1. The first-order chi connectivity index (χ1) is 6.16. The molecule has 1 aliphatic carbocycles. The van der Waals surface area contributed by atoms with E-state index in [0.717, 1.165) is 11.6 Å². The summed E-state index contributed by atoms with van der Waals surface area (Å²) in [6, 6.07) is 0. The first-order valence-corrected chi connectivity index (χ1v) is 5.66. The first kappa shape index (κ1) is 9.16. The predicted octanol–water partition coefficient (Wildman–Crippen LogP) is 2.30. The van der Waals surface area contributed by atoms with Gasteiger partial charge in [0.2, 0.25) is 0 Å². The summed E-state index contributed by atoms with van der Waals surface area (Å²) >= 11 is 1.78. The lowest BCUT2D eigenvalue weighted by Crippen LogP contribution is -2.38. The van der Waals surface area contributed by atoms with Crippen molar-refractivity contribution < 1.29 is 0 Å². The average molecular weight is 196 g/mol. The van der Waals surface area contributed by atoms with Crippen LogP contribution in [0.15, 0.2) is 5.38 Å². The van der Waals surface area contributed by atoms with Crippen molar-refractivity contribution in [1.29, 1.82) is 0 Å². The van der Waals surface area contributed by atoms with Crippen molar-refractivity contribution >= 4 is 11.3 Å². The highest BCUT2D eigenvalue weighted by molar-refractivity contribution is 7.09. The minimum absolute atomic E-state index is 0.124. The highest BCUT2D eigenvalue weighted by Gasteiger charge is 2.43. The van der Waals surface area contributed by atoms with Crippen LogP contribution in [-0.2, 0) is 5.54 Å². The van der Waals surface area contributed by atoms with E-state index in [9.17, 15) is 0 Å². The molecule has 1 heterocycles. The lowest BCUT2D eigenvalue weighted by molar-refractivity contribution is 0.344. The van der Waals surface area contributed by atoms with Crippen LogP contribution in [-0.4, -0.2) is 12.0 Å². The minimum atomic E-state index is 0.124. The van der Waals surface area contributed by atoms with Crippen LogP contribution in [0.1, 0.15) is 30.5 Å². The molecule has 1 fully saturated rings. The lowest BCUT2D eigenvalue weighted by Gasteiger charge is -2.26. The Morgan fingerprint density at radius 2 is 2.31 bits per heavy atom. The van der Waals surface area contributed by atoms with Crippen molar-refractivity contribution in [2.24, 2.45) is 5.92 Å². The summed E-state index contributed by atoms with van der Waals surface area (Å²) in [6.45, 7) is 4.33. The normalized spacial score (nSPS) is 21.5. The summed E-state index contributed by atoms with van der Waals surface area (Å²) in [5.74, 6) is 0.794. The fraction of sp³-hybridized carbons (Fsp3) is 0.700. The van der Waals surface area contributed by atoms with E-state index in [1.807, 2.05) is 7.05 Å². The number of rotatable bonds is 3. The fourth-order valence-electron chi connectivity index (χ4n) is 1.74. The van der Waals surface area contributed by atoms with Gasteiger partial charge in [0.15, 0.2) is 0 Å². The Morgan fingerprint density at radius 1 is 1.62 bits per heavy atom. The van der Waals surface area contributed by atoms with Crippen LogP contribution in [0.2, 0.25) is 0 Å². The molecule has 1 N–H and O–H groups in total. The van der Waals surface area contributed by atoms with E-state index in [-0.39, 0.29) is 5.54 Å². The first-order valence-electron chi connectivity index (χ1n) is 4.78. The molecule has 1 unspecified atom stereocenters. The maximum absolute atomic E-state index is 4.57. The van der Waals surface area contributed by atoms with Gasteiger partial charge in [-0.25, -0.2) is 4.98 Å². The molecule has 0 spiro atoms. The summed E-state index contributed by atoms with van der Waals surface area (Å²) in [5.41, 5.74) is 1.26. The van der Waals surface area contributed by atoms with E-state index in [1.165, 1.54) is 17.8 Å². The van der Waals surface area contributed by atoms with Gasteiger partial charge in [0.25, 0.3) is 0 Å². The van der Waals surface area contributed by atoms with Gasteiger partial charge in [-0.15, -0.1) is 11.3 Å². The van der Waals surface area contributed by atoms with Crippen LogP contribution in [0.25, 0.3) is 0 Å². The van der Waals surface area contributed by atoms with E-state index >= 15 is 0 Å². The van der Waals surface area contributed by atoms with Crippen molar-refractivity contribution in [3.63, 3.8) is 0 Å². The number of aromatic nitrogens is 1. The second-order valence-corrected chi connectivity index (χ2v) is 4.88. The number of hydrogen-bond acceptors (Lipinski definition) is 3. The van der Waals surface area contributed by atoms with Gasteiger partial charge < -0.3 is 5.32 Å². The summed E-state index contributed by atoms with van der Waals surface area (Å²) < 4.78 is 0. The molecule has 0 aromatic carbocycles. The lowest BCUT2D eigenvalue weighted by atomic mass is 9.97. The number of thiazole rings is 1. The van der Waals surface area contributed by atoms with E-state index in [4.69, 9.17) is 0 Å². The molecule has 2 rings (SSSR count). The van der Waals surface area contributed by atoms with Gasteiger partial charge in [-0.2, -0.15) is 0 Å². The molecule has 1 atom stereocenters. The Balaban J connectivity index is 2.29. The van der Waals surface area contributed by atoms with Crippen LogP contribution in [0, 0.1) is 12.8 Å². The third kappa shape index (κ3) is 1.51. The van der Waals surface area contributed by atoms with Crippen LogP contribution in [0.3, 0.4) is 0 Å². The molecule has 13 heavy (non-hydrogen) atoms. The second-order valence-electron chi connectivity index (χ2n) is 4.02. The Kier molecular flexibility index (Phi) is 2.16. The summed E-state index contributed by atoms with van der Waals surface area (Å²) in [4.78, 5) is 4.57. The van der Waals surface area contributed by atoms with Gasteiger partial charge in [0.05, 0.1) is 5.54 Å². The monoisotopic (exact) mass is 196 g/mol. The number of aryl methyl sites for hydroxylation is 1. The summed E-state index contributed by atoms with van der Waals surface area (Å²) in [5, 5.41) is 6.80. The van der Waals surface area contributed by atoms with Gasteiger partial charge in [-0.3, -0.25) is 0 Å². The molecular weight excluding hydrogens is 180 g/mol. The summed E-state index contributed by atoms with van der Waals surface area (Å²) in [7, 11) is 2.04. The van der Waals surface area contributed by atoms with Crippen molar-refractivity contribution in [3.05, 3.63) is 16.1 Å². The third-order valence-corrected chi connectivity index (χ3v) is 4.17. The van der Waals surface area contributed by atoms with Crippen LogP contribution < -0.4 is 5.32 Å². The van der Waals surface area contributed by atoms with Gasteiger partial charge in [-0.1, -0.05) is 0 Å². The largest absolute Gasteiger partial charge is 0.308 e. The zero-order valence-electron chi connectivity index (χ0n) is 8.42. The van der Waals surface area contributed by atoms with Crippen LogP contribution in [0.4, 0.5) is 0 Å². The zero-order valence-corrected chi connectivity index (χ0v) is 9.24. The van der Waals surface area contributed by atoms with E-state index in [1.54, 1.807) is 11.3 Å². The highest BCUT2D eigenvalue weighted by Crippen LogP contribution is 2.45. The van der Waals surface area contributed by atoms with Gasteiger partial charge in [0.1, 0.15) is 5.01 Å². The molecule has 0 amide bonds. The molecule has 1 saturated carbocycles. The molecule has 0 saturated heterocycles. The topological polar surface area (TPSA) is 24.9 Å². The maximum Gasteiger partial charge on any atom is 0.113 e.